The number of furan rings is 1. The molecule has 0 fully saturated rings. The van der Waals surface area contributed by atoms with Crippen molar-refractivity contribution < 1.29 is 4.42 Å². The van der Waals surface area contributed by atoms with Gasteiger partial charge in [0, 0.05) is 11.1 Å². The second kappa shape index (κ2) is 4.90. The average Bonchev–Trinajstić information content (AvgIpc) is 3.13. The Kier molecular flexibility index (Phi) is 2.89. The summed E-state index contributed by atoms with van der Waals surface area (Å²) >= 11 is 1.65. The summed E-state index contributed by atoms with van der Waals surface area (Å²) in [6.07, 6.45) is 0. The zero-order valence-electron chi connectivity index (χ0n) is 11.5. The summed E-state index contributed by atoms with van der Waals surface area (Å²) in [6.45, 7) is 2.11. The van der Waals surface area contributed by atoms with Gasteiger partial charge in [-0.1, -0.05) is 18.2 Å². The Hall–Kier alpha value is -2.33. The molecule has 4 heteroatoms. The number of hydrogen-bond acceptors (Lipinski definition) is 4. The van der Waals surface area contributed by atoms with E-state index >= 15 is 0 Å². The molecular weight excluding hydrogens is 280 g/mol. The molecule has 21 heavy (non-hydrogen) atoms. The first-order valence-electron chi connectivity index (χ1n) is 6.88. The summed E-state index contributed by atoms with van der Waals surface area (Å²) in [6, 6.07) is 16.5. The Morgan fingerprint density at radius 2 is 2.05 bits per heavy atom. The largest absolute Gasteiger partial charge is 0.459 e. The fourth-order valence-corrected chi connectivity index (χ4v) is 3.20. The maximum absolute atomic E-state index is 5.90. The number of aromatic nitrogens is 1. The van der Waals surface area contributed by atoms with Gasteiger partial charge in [-0.05, 0) is 37.3 Å². The first kappa shape index (κ1) is 12.4. The van der Waals surface area contributed by atoms with Gasteiger partial charge in [-0.15, -0.1) is 11.3 Å². The van der Waals surface area contributed by atoms with Crippen molar-refractivity contribution in [3.8, 4) is 0 Å². The lowest BCUT2D eigenvalue weighted by Gasteiger charge is -2.12. The molecule has 1 unspecified atom stereocenters. The van der Waals surface area contributed by atoms with E-state index in [2.05, 4.69) is 41.5 Å². The van der Waals surface area contributed by atoms with Gasteiger partial charge in [0.2, 0.25) is 0 Å². The quantitative estimate of drug-likeness (QED) is 0.563. The average molecular weight is 294 g/mol. The number of benzene rings is 2. The van der Waals surface area contributed by atoms with Crippen molar-refractivity contribution >= 4 is 38.2 Å². The molecule has 1 N–H and O–H groups in total. The van der Waals surface area contributed by atoms with Gasteiger partial charge in [0.25, 0.3) is 0 Å². The molecule has 1 atom stereocenters. The third-order valence-corrected chi connectivity index (χ3v) is 4.38. The van der Waals surface area contributed by atoms with Crippen LogP contribution in [0.5, 0.6) is 0 Å². The minimum Gasteiger partial charge on any atom is -0.459 e. The number of para-hydroxylation sites is 1. The van der Waals surface area contributed by atoms with Crippen LogP contribution < -0.4 is 5.32 Å². The van der Waals surface area contributed by atoms with Gasteiger partial charge in [-0.2, -0.15) is 0 Å². The molecular formula is C17H14N2OS. The normalized spacial score (nSPS) is 12.8. The summed E-state index contributed by atoms with van der Waals surface area (Å²) in [7, 11) is 0. The van der Waals surface area contributed by atoms with Crippen LogP contribution in [0.3, 0.4) is 0 Å². The maximum atomic E-state index is 5.90. The Morgan fingerprint density at radius 1 is 1.14 bits per heavy atom. The second-order valence-electron chi connectivity index (χ2n) is 5.09. The van der Waals surface area contributed by atoms with Crippen molar-refractivity contribution in [1.82, 2.24) is 4.98 Å². The van der Waals surface area contributed by atoms with E-state index in [0.717, 1.165) is 27.9 Å². The van der Waals surface area contributed by atoms with E-state index in [-0.39, 0.29) is 6.04 Å². The van der Waals surface area contributed by atoms with E-state index in [1.54, 1.807) is 11.3 Å². The van der Waals surface area contributed by atoms with Crippen LogP contribution in [0.1, 0.15) is 18.7 Å². The molecule has 2 aromatic heterocycles. The highest BCUT2D eigenvalue weighted by Gasteiger charge is 2.11. The standard InChI is InChI=1S/C17H14N2OS/c1-11(16-8-12-4-2-3-5-15(12)20-16)19-13-6-7-14-17(9-13)21-10-18-14/h2-11,19H,1H3. The molecule has 4 rings (SSSR count). The van der Waals surface area contributed by atoms with Gasteiger partial charge in [-0.3, -0.25) is 0 Å². The molecule has 3 nitrogen and oxygen atoms in total. The fraction of sp³-hybridized carbons (Fsp3) is 0.118. The predicted molar refractivity (Wildman–Crippen MR) is 87.9 cm³/mol. The van der Waals surface area contributed by atoms with E-state index in [4.69, 9.17) is 4.42 Å². The van der Waals surface area contributed by atoms with E-state index in [1.807, 2.05) is 29.8 Å². The molecule has 2 aromatic carbocycles. The SMILES string of the molecule is CC(Nc1ccc2ncsc2c1)c1cc2ccccc2o1. The lowest BCUT2D eigenvalue weighted by atomic mass is 10.2. The first-order valence-corrected chi connectivity index (χ1v) is 7.76. The highest BCUT2D eigenvalue weighted by molar-refractivity contribution is 7.16. The third-order valence-electron chi connectivity index (χ3n) is 3.59. The Bertz CT molecular complexity index is 876. The number of anilines is 1. The number of hydrogen-bond donors (Lipinski definition) is 1. The Labute approximate surface area is 126 Å². The second-order valence-corrected chi connectivity index (χ2v) is 5.97. The van der Waals surface area contributed by atoms with E-state index in [9.17, 15) is 0 Å². The van der Waals surface area contributed by atoms with Crippen molar-refractivity contribution in [2.24, 2.45) is 0 Å². The number of nitrogens with zero attached hydrogens (tertiary/aromatic N) is 1. The van der Waals surface area contributed by atoms with Crippen molar-refractivity contribution in [3.63, 3.8) is 0 Å². The van der Waals surface area contributed by atoms with Crippen LogP contribution in [0.4, 0.5) is 5.69 Å². The molecule has 2 heterocycles. The van der Waals surface area contributed by atoms with Crippen LogP contribution in [-0.2, 0) is 0 Å². The summed E-state index contributed by atoms with van der Waals surface area (Å²) in [5.41, 5.74) is 4.93. The highest BCUT2D eigenvalue weighted by Crippen LogP contribution is 2.28. The molecule has 0 spiro atoms. The van der Waals surface area contributed by atoms with Gasteiger partial charge >= 0.3 is 0 Å². The van der Waals surface area contributed by atoms with E-state index < -0.39 is 0 Å². The van der Waals surface area contributed by atoms with Gasteiger partial charge in [-0.25, -0.2) is 4.98 Å². The topological polar surface area (TPSA) is 38.1 Å². The van der Waals surface area contributed by atoms with Crippen LogP contribution in [0, 0.1) is 0 Å². The predicted octanol–water partition coefficient (Wildman–Crippen LogP) is 5.22. The summed E-state index contributed by atoms with van der Waals surface area (Å²) < 4.78 is 7.09. The highest BCUT2D eigenvalue weighted by atomic mass is 32.1. The van der Waals surface area contributed by atoms with E-state index in [1.165, 1.54) is 4.70 Å². The number of thiazole rings is 1. The zero-order valence-corrected chi connectivity index (χ0v) is 12.4. The summed E-state index contributed by atoms with van der Waals surface area (Å²) in [5, 5.41) is 4.62. The Morgan fingerprint density at radius 3 is 2.95 bits per heavy atom. The van der Waals surface area contributed by atoms with Crippen LogP contribution in [-0.4, -0.2) is 4.98 Å². The molecule has 0 aliphatic carbocycles. The molecule has 0 radical (unpaired) electrons. The van der Waals surface area contributed by atoms with Crippen molar-refractivity contribution in [3.05, 3.63) is 59.8 Å². The van der Waals surface area contributed by atoms with Gasteiger partial charge in [0.1, 0.15) is 11.3 Å². The first-order chi connectivity index (χ1) is 10.3. The van der Waals surface area contributed by atoms with Crippen LogP contribution >= 0.6 is 11.3 Å². The van der Waals surface area contributed by atoms with Crippen molar-refractivity contribution in [2.75, 3.05) is 5.32 Å². The minimum atomic E-state index is 0.114. The van der Waals surface area contributed by atoms with Gasteiger partial charge in [0.05, 0.1) is 21.8 Å². The maximum Gasteiger partial charge on any atom is 0.134 e. The molecule has 104 valence electrons. The zero-order chi connectivity index (χ0) is 14.2. The summed E-state index contributed by atoms with van der Waals surface area (Å²) in [5.74, 6) is 0.945. The van der Waals surface area contributed by atoms with E-state index in [0.29, 0.717) is 0 Å². The lowest BCUT2D eigenvalue weighted by molar-refractivity contribution is 0.526. The molecule has 4 aromatic rings. The molecule has 0 amide bonds. The minimum absolute atomic E-state index is 0.114. The third kappa shape index (κ3) is 2.28. The van der Waals surface area contributed by atoms with Crippen molar-refractivity contribution in [1.29, 1.82) is 0 Å². The number of fused-ring (bicyclic) bond motifs is 2. The van der Waals surface area contributed by atoms with Crippen LogP contribution in [0.25, 0.3) is 21.2 Å². The monoisotopic (exact) mass is 294 g/mol. The smallest absolute Gasteiger partial charge is 0.134 e. The van der Waals surface area contributed by atoms with Gasteiger partial charge in [0.15, 0.2) is 0 Å². The van der Waals surface area contributed by atoms with Gasteiger partial charge < -0.3 is 9.73 Å². The fourth-order valence-electron chi connectivity index (χ4n) is 2.48. The lowest BCUT2D eigenvalue weighted by Crippen LogP contribution is -2.05. The molecule has 0 saturated carbocycles. The molecule has 0 aliphatic rings. The van der Waals surface area contributed by atoms with Crippen LogP contribution in [0.15, 0.2) is 58.5 Å². The number of nitrogens with one attached hydrogen (secondary N) is 1. The molecule has 0 saturated heterocycles. The summed E-state index contributed by atoms with van der Waals surface area (Å²) in [4.78, 5) is 4.30. The Balaban J connectivity index is 1.63. The molecule has 0 bridgehead atoms. The molecule has 0 aliphatic heterocycles. The van der Waals surface area contributed by atoms with Crippen LogP contribution in [0.2, 0.25) is 0 Å². The van der Waals surface area contributed by atoms with Crippen molar-refractivity contribution in [2.45, 2.75) is 13.0 Å². The number of rotatable bonds is 3.